The molecule has 1 saturated heterocycles. The highest BCUT2D eigenvalue weighted by atomic mass is 16.6. The lowest BCUT2D eigenvalue weighted by molar-refractivity contribution is -0.229. The van der Waals surface area contributed by atoms with Gasteiger partial charge in [-0.15, -0.1) is 0 Å². The van der Waals surface area contributed by atoms with Crippen molar-refractivity contribution in [1.82, 2.24) is 0 Å². The number of fused-ring (bicyclic) bond motifs is 4. The van der Waals surface area contributed by atoms with E-state index < -0.39 is 104 Å². The van der Waals surface area contributed by atoms with Crippen LogP contribution < -0.4 is 0 Å². The maximum Gasteiger partial charge on any atom is 0.332 e. The van der Waals surface area contributed by atoms with Crippen LogP contribution in [0.25, 0.3) is 0 Å². The van der Waals surface area contributed by atoms with Gasteiger partial charge in [-0.3, -0.25) is 14.4 Å². The summed E-state index contributed by atoms with van der Waals surface area (Å²) >= 11 is 0. The van der Waals surface area contributed by atoms with Crippen molar-refractivity contribution < 1.29 is 71.8 Å². The largest absolute Gasteiger partial charge is 0.460 e. The van der Waals surface area contributed by atoms with Crippen molar-refractivity contribution in [2.24, 2.45) is 39.4 Å². The lowest BCUT2D eigenvalue weighted by Gasteiger charge is -2.66. The van der Waals surface area contributed by atoms with Gasteiger partial charge in [0, 0.05) is 63.8 Å². The molecule has 15 heteroatoms. The summed E-state index contributed by atoms with van der Waals surface area (Å²) in [5.74, 6) is -4.99. The van der Waals surface area contributed by atoms with Gasteiger partial charge in [0.05, 0.1) is 6.10 Å². The first-order chi connectivity index (χ1) is 25.8. The van der Waals surface area contributed by atoms with Crippen LogP contribution in [-0.4, -0.2) is 123 Å². The third-order valence-electron chi connectivity index (χ3n) is 14.7. The van der Waals surface area contributed by atoms with E-state index in [1.807, 2.05) is 27.7 Å². The molecule has 15 nitrogen and oxygen atoms in total. The fourth-order valence-corrected chi connectivity index (χ4v) is 12.2. The van der Waals surface area contributed by atoms with Crippen molar-refractivity contribution in [3.63, 3.8) is 0 Å². The Balaban J connectivity index is 1.57. The van der Waals surface area contributed by atoms with Crippen LogP contribution >= 0.6 is 0 Å². The quantitative estimate of drug-likeness (QED) is 0.144. The molecule has 1 spiro atoms. The van der Waals surface area contributed by atoms with E-state index >= 15 is 4.79 Å². The van der Waals surface area contributed by atoms with Crippen molar-refractivity contribution in [3.8, 4) is 0 Å². The van der Waals surface area contributed by atoms with E-state index in [1.54, 1.807) is 13.8 Å². The van der Waals surface area contributed by atoms with Gasteiger partial charge < -0.3 is 43.0 Å². The highest BCUT2D eigenvalue weighted by Gasteiger charge is 2.85. The summed E-state index contributed by atoms with van der Waals surface area (Å²) in [4.78, 5) is 80.1. The summed E-state index contributed by atoms with van der Waals surface area (Å²) in [5.41, 5.74) is -7.84. The Morgan fingerprint density at radius 1 is 0.786 bits per heavy atom. The van der Waals surface area contributed by atoms with Crippen molar-refractivity contribution in [1.29, 1.82) is 0 Å². The van der Waals surface area contributed by atoms with Gasteiger partial charge >= 0.3 is 23.9 Å². The molecule has 0 aromatic heterocycles. The predicted octanol–water partition coefficient (Wildman–Crippen LogP) is 3.32. The average molecular weight is 795 g/mol. The molecule has 316 valence electrons. The summed E-state index contributed by atoms with van der Waals surface area (Å²) in [6, 6.07) is 0. The molecular formula is C41H62O15. The van der Waals surface area contributed by atoms with Crippen LogP contribution in [0.3, 0.4) is 0 Å². The van der Waals surface area contributed by atoms with Gasteiger partial charge in [-0.25, -0.2) is 14.4 Å². The summed E-state index contributed by atoms with van der Waals surface area (Å²) in [6.45, 7) is 14.8. The van der Waals surface area contributed by atoms with Crippen molar-refractivity contribution in [2.45, 2.75) is 142 Å². The molecule has 5 rings (SSSR count). The molecule has 1 aliphatic heterocycles. The van der Waals surface area contributed by atoms with Crippen LogP contribution in [0.15, 0.2) is 0 Å². The summed E-state index contributed by atoms with van der Waals surface area (Å²) < 4.78 is 45.4. The van der Waals surface area contributed by atoms with Crippen molar-refractivity contribution in [2.75, 3.05) is 41.2 Å². The Hall–Kier alpha value is -2.98. The third-order valence-corrected chi connectivity index (χ3v) is 14.7. The number of rotatable bonds is 15. The van der Waals surface area contributed by atoms with Gasteiger partial charge in [-0.1, -0.05) is 34.6 Å². The van der Waals surface area contributed by atoms with Crippen LogP contribution in [0.1, 0.15) is 101 Å². The second-order valence-electron chi connectivity index (χ2n) is 18.8. The molecule has 1 unspecified atom stereocenters. The van der Waals surface area contributed by atoms with Crippen molar-refractivity contribution >= 4 is 35.4 Å². The molecule has 56 heavy (non-hydrogen) atoms. The maximum atomic E-state index is 15.2. The molecule has 4 aliphatic carbocycles. The number of hydrogen-bond donors (Lipinski definition) is 1. The molecule has 0 amide bonds. The van der Waals surface area contributed by atoms with Crippen LogP contribution in [0, 0.1) is 39.4 Å². The van der Waals surface area contributed by atoms with Gasteiger partial charge in [0.15, 0.2) is 5.78 Å². The van der Waals surface area contributed by atoms with E-state index in [2.05, 4.69) is 6.92 Å². The number of methoxy groups -OCH3 is 3. The fraction of sp³-hybridized carbons (Fsp3) is 0.854. The topological polar surface area (TPSA) is 200 Å². The van der Waals surface area contributed by atoms with E-state index in [1.165, 1.54) is 35.2 Å². The predicted molar refractivity (Wildman–Crippen MR) is 196 cm³/mol. The molecule has 0 aromatic carbocycles. The normalized spacial score (nSPS) is 39.1. The van der Waals surface area contributed by atoms with E-state index in [4.69, 9.17) is 37.9 Å². The Morgan fingerprint density at radius 3 is 1.86 bits per heavy atom. The Labute approximate surface area is 329 Å². The number of Topliss-reactive ketones (excluding diaryl/α,β-unsaturated/α-hetero) is 2. The number of hydrogen-bond acceptors (Lipinski definition) is 15. The zero-order valence-electron chi connectivity index (χ0n) is 35.1. The Bertz CT molecular complexity index is 1600. The number of epoxide rings is 1. The highest BCUT2D eigenvalue weighted by molar-refractivity contribution is 5.90. The van der Waals surface area contributed by atoms with E-state index in [0.717, 1.165) is 0 Å². The van der Waals surface area contributed by atoms with Crippen molar-refractivity contribution in [3.05, 3.63) is 0 Å². The lowest BCUT2D eigenvalue weighted by Crippen LogP contribution is -2.71. The van der Waals surface area contributed by atoms with Crippen LogP contribution in [0.2, 0.25) is 0 Å². The molecule has 4 saturated carbocycles. The minimum Gasteiger partial charge on any atom is -0.460 e. The van der Waals surface area contributed by atoms with Gasteiger partial charge in [0.1, 0.15) is 60.7 Å². The Kier molecular flexibility index (Phi) is 11.8. The van der Waals surface area contributed by atoms with Gasteiger partial charge in [-0.05, 0) is 63.2 Å². The van der Waals surface area contributed by atoms with E-state index in [-0.39, 0.29) is 63.8 Å². The fourth-order valence-electron chi connectivity index (χ4n) is 12.2. The maximum absolute atomic E-state index is 15.2. The summed E-state index contributed by atoms with van der Waals surface area (Å²) in [5, 5.41) is 12.4. The summed E-state index contributed by atoms with van der Waals surface area (Å²) in [6.07, 6.45) is -2.47. The molecule has 0 radical (unpaired) electrons. The first kappa shape index (κ1) is 44.1. The number of aliphatic hydroxyl groups is 1. The molecule has 0 aromatic rings. The minimum atomic E-state index is -2.06. The minimum absolute atomic E-state index is 0.0556. The number of carbonyl (C=O) groups excluding carboxylic acids is 6. The van der Waals surface area contributed by atoms with Gasteiger partial charge in [0.25, 0.3) is 0 Å². The van der Waals surface area contributed by atoms with Crippen LogP contribution in [-0.2, 0) is 66.7 Å². The SMILES string of the molecule is COCC(=O)O[C@H]1C[C@H]2[C@]3(C)C(=O)C[C@]4(C)C([C@@](C)(O)C(=O)CCC(C)(C)OC(C)=O)[C@H](OC(=O)COC)C[C@@]4(C)[C@@H]3C[C@H]3O[C@]32C(C)(C)[C@@H]1OC(=O)COC. The average Bonchev–Trinajstić information content (AvgIpc) is 3.76. The molecule has 5 fully saturated rings. The second-order valence-corrected chi connectivity index (χ2v) is 18.8. The van der Waals surface area contributed by atoms with E-state index in [9.17, 15) is 29.1 Å². The smallest absolute Gasteiger partial charge is 0.332 e. The molecule has 0 bridgehead atoms. The first-order valence-corrected chi connectivity index (χ1v) is 19.6. The molecule has 5 aliphatic rings. The number of ether oxygens (including phenoxy) is 8. The zero-order valence-corrected chi connectivity index (χ0v) is 35.1. The highest BCUT2D eigenvalue weighted by Crippen LogP contribution is 2.79. The molecule has 12 atom stereocenters. The first-order valence-electron chi connectivity index (χ1n) is 19.6. The van der Waals surface area contributed by atoms with Gasteiger partial charge in [0.2, 0.25) is 0 Å². The monoisotopic (exact) mass is 794 g/mol. The summed E-state index contributed by atoms with van der Waals surface area (Å²) in [7, 11) is 4.11. The second kappa shape index (κ2) is 15.0. The van der Waals surface area contributed by atoms with Gasteiger partial charge in [-0.2, -0.15) is 0 Å². The standard InChI is InChI=1S/C41H62O15/c1-22(42)55-35(2,3)14-13-27(43)40(9,48)33-24(53-31(46)20-50-11)17-37(6)25-16-29-41(56-29)26(39(25,8)28(44)18-38(33,37)7)15-23(52-30(45)19-49-10)34(36(41,4)5)54-32(47)21-51-12/h23-26,29,33-34,48H,13-21H2,1-12H3/t23-,24+,25-,26-,29+,33?,34+,37-,38+,39+,40-,41-/m0/s1. The molecule has 1 heterocycles. The third kappa shape index (κ3) is 6.90. The number of esters is 4. The lowest BCUT2D eigenvalue weighted by atomic mass is 9.36. The van der Waals surface area contributed by atoms with E-state index in [0.29, 0.717) is 6.42 Å². The Morgan fingerprint density at radius 2 is 1.32 bits per heavy atom. The zero-order chi connectivity index (χ0) is 42.0. The van der Waals surface area contributed by atoms with Crippen LogP contribution in [0.4, 0.5) is 0 Å². The number of ketones is 2. The molecular weight excluding hydrogens is 732 g/mol. The van der Waals surface area contributed by atoms with Crippen LogP contribution in [0.5, 0.6) is 0 Å². The molecule has 1 N–H and O–H groups in total. The number of carbonyl (C=O) groups is 6.